The smallest absolute Gasteiger partial charge is 0.338 e. The van der Waals surface area contributed by atoms with Crippen LogP contribution in [0.5, 0.6) is 0 Å². The van der Waals surface area contributed by atoms with E-state index in [4.69, 9.17) is 4.74 Å². The van der Waals surface area contributed by atoms with Crippen LogP contribution in [0.1, 0.15) is 55.2 Å². The lowest BCUT2D eigenvalue weighted by atomic mass is 9.95. The molecular weight excluding hydrogens is 454 g/mol. The summed E-state index contributed by atoms with van der Waals surface area (Å²) >= 11 is 0. The number of esters is 1. The highest BCUT2D eigenvalue weighted by Gasteiger charge is 2.22. The number of sulfonamides is 1. The maximum atomic E-state index is 12.7. The average Bonchev–Trinajstić information content (AvgIpc) is 3.16. The van der Waals surface area contributed by atoms with Crippen LogP contribution in [0.3, 0.4) is 0 Å². The molecule has 0 saturated heterocycles. The van der Waals surface area contributed by atoms with Gasteiger partial charge in [-0.25, -0.2) is 17.9 Å². The Labute approximate surface area is 199 Å². The molecule has 2 aromatic carbocycles. The van der Waals surface area contributed by atoms with Gasteiger partial charge in [-0.1, -0.05) is 0 Å². The summed E-state index contributed by atoms with van der Waals surface area (Å²) in [5, 5.41) is 3.68. The maximum Gasteiger partial charge on any atom is 0.338 e. The summed E-state index contributed by atoms with van der Waals surface area (Å²) in [6, 6.07) is 11.0. The number of aromatic nitrogens is 1. The van der Waals surface area contributed by atoms with Crippen molar-refractivity contribution in [2.24, 2.45) is 0 Å². The van der Waals surface area contributed by atoms with E-state index in [-0.39, 0.29) is 10.9 Å². The molecular formula is C25H29N3O5S. The molecule has 3 aromatic rings. The molecule has 0 fully saturated rings. The van der Waals surface area contributed by atoms with Gasteiger partial charge in [0.1, 0.15) is 0 Å². The second kappa shape index (κ2) is 9.60. The molecule has 3 N–H and O–H groups in total. The molecule has 1 aliphatic rings. The Morgan fingerprint density at radius 3 is 2.41 bits per heavy atom. The molecule has 0 saturated carbocycles. The van der Waals surface area contributed by atoms with Gasteiger partial charge in [-0.2, -0.15) is 0 Å². The van der Waals surface area contributed by atoms with Crippen LogP contribution in [0.2, 0.25) is 0 Å². The molecule has 1 aromatic heterocycles. The predicted octanol–water partition coefficient (Wildman–Crippen LogP) is 3.92. The summed E-state index contributed by atoms with van der Waals surface area (Å²) in [4.78, 5) is 28.8. The van der Waals surface area contributed by atoms with Crippen LogP contribution in [0.15, 0.2) is 47.4 Å². The number of anilines is 1. The van der Waals surface area contributed by atoms with Gasteiger partial charge in [0.2, 0.25) is 10.0 Å². The third kappa shape index (κ3) is 5.15. The molecule has 0 bridgehead atoms. The number of rotatable bonds is 7. The molecule has 0 spiro atoms. The zero-order valence-electron chi connectivity index (χ0n) is 19.5. The van der Waals surface area contributed by atoms with E-state index < -0.39 is 28.0 Å². The first-order valence-electron chi connectivity index (χ1n) is 11.4. The first-order chi connectivity index (χ1) is 16.1. The Kier molecular flexibility index (Phi) is 6.77. The van der Waals surface area contributed by atoms with Crippen molar-refractivity contribution in [3.8, 4) is 0 Å². The van der Waals surface area contributed by atoms with E-state index >= 15 is 0 Å². The molecule has 34 heavy (non-hydrogen) atoms. The van der Waals surface area contributed by atoms with Crippen molar-refractivity contribution in [3.63, 3.8) is 0 Å². The summed E-state index contributed by atoms with van der Waals surface area (Å²) in [7, 11) is -3.62. The van der Waals surface area contributed by atoms with Crippen LogP contribution in [0, 0.1) is 0 Å². The van der Waals surface area contributed by atoms with E-state index in [0.717, 1.165) is 36.6 Å². The number of hydrogen-bond acceptors (Lipinski definition) is 5. The van der Waals surface area contributed by atoms with Gasteiger partial charge in [0.15, 0.2) is 6.10 Å². The number of aryl methyl sites for hydroxylation is 2. The number of aromatic amines is 1. The van der Waals surface area contributed by atoms with Gasteiger partial charge in [0, 0.05) is 28.3 Å². The second-order valence-electron chi connectivity index (χ2n) is 8.89. The summed E-state index contributed by atoms with van der Waals surface area (Å²) < 4.78 is 32.3. The number of carbonyl (C=O) groups excluding carboxylic acids is 2. The summed E-state index contributed by atoms with van der Waals surface area (Å²) in [6.07, 6.45) is 3.26. The SMILES string of the molecule is CC(C)NS(=O)(=O)c1ccc(NC(=O)C(C)OC(=O)c2ccc3[nH]c4c(c3c2)CCCC4)cc1. The van der Waals surface area contributed by atoms with Gasteiger partial charge >= 0.3 is 5.97 Å². The number of carbonyl (C=O) groups is 2. The molecule has 8 nitrogen and oxygen atoms in total. The molecule has 1 unspecified atom stereocenters. The molecule has 1 amide bonds. The lowest BCUT2D eigenvalue weighted by molar-refractivity contribution is -0.123. The van der Waals surface area contributed by atoms with Gasteiger partial charge in [0.05, 0.1) is 10.5 Å². The third-order valence-corrected chi connectivity index (χ3v) is 7.48. The van der Waals surface area contributed by atoms with Gasteiger partial charge in [0.25, 0.3) is 5.91 Å². The van der Waals surface area contributed by atoms with Crippen molar-refractivity contribution >= 4 is 38.5 Å². The fraction of sp³-hybridized carbons (Fsp3) is 0.360. The third-order valence-electron chi connectivity index (χ3n) is 5.81. The van der Waals surface area contributed by atoms with E-state index in [0.29, 0.717) is 11.3 Å². The van der Waals surface area contributed by atoms with Crippen LogP contribution in [0.4, 0.5) is 5.69 Å². The minimum atomic E-state index is -3.62. The van der Waals surface area contributed by atoms with E-state index in [9.17, 15) is 18.0 Å². The number of fused-ring (bicyclic) bond motifs is 3. The summed E-state index contributed by atoms with van der Waals surface area (Å²) in [6.45, 7) is 4.97. The Balaban J connectivity index is 1.40. The average molecular weight is 484 g/mol. The Morgan fingerprint density at radius 2 is 1.71 bits per heavy atom. The van der Waals surface area contributed by atoms with E-state index in [1.165, 1.54) is 42.4 Å². The molecule has 0 aliphatic heterocycles. The summed E-state index contributed by atoms with van der Waals surface area (Å²) in [5.74, 6) is -1.08. The molecule has 4 rings (SSSR count). The lowest BCUT2D eigenvalue weighted by Crippen LogP contribution is -2.30. The van der Waals surface area contributed by atoms with Crippen molar-refractivity contribution in [3.05, 3.63) is 59.3 Å². The van der Waals surface area contributed by atoms with Crippen LogP contribution in [0.25, 0.3) is 10.9 Å². The highest BCUT2D eigenvalue weighted by molar-refractivity contribution is 7.89. The number of nitrogens with one attached hydrogen (secondary N) is 3. The Hall–Kier alpha value is -3.17. The molecule has 0 radical (unpaired) electrons. The fourth-order valence-corrected chi connectivity index (χ4v) is 5.41. The van der Waals surface area contributed by atoms with Gasteiger partial charge in [-0.05, 0) is 94.5 Å². The van der Waals surface area contributed by atoms with E-state index in [1.54, 1.807) is 19.9 Å². The molecule has 1 heterocycles. The highest BCUT2D eigenvalue weighted by atomic mass is 32.2. The fourth-order valence-electron chi connectivity index (χ4n) is 4.15. The summed E-state index contributed by atoms with van der Waals surface area (Å²) in [5.41, 5.74) is 4.29. The first kappa shape index (κ1) is 24.0. The van der Waals surface area contributed by atoms with Gasteiger partial charge in [-0.3, -0.25) is 4.79 Å². The molecule has 1 aliphatic carbocycles. The van der Waals surface area contributed by atoms with Crippen molar-refractivity contribution in [2.45, 2.75) is 63.5 Å². The number of hydrogen-bond donors (Lipinski definition) is 3. The topological polar surface area (TPSA) is 117 Å². The molecule has 9 heteroatoms. The normalized spacial score (nSPS) is 14.6. The number of ether oxygens (including phenoxy) is 1. The van der Waals surface area contributed by atoms with Crippen molar-refractivity contribution in [1.29, 1.82) is 0 Å². The Bertz CT molecular complexity index is 1330. The number of H-pyrrole nitrogens is 1. The van der Waals surface area contributed by atoms with Gasteiger partial charge < -0.3 is 15.0 Å². The predicted molar refractivity (Wildman–Crippen MR) is 130 cm³/mol. The minimum Gasteiger partial charge on any atom is -0.449 e. The molecule has 180 valence electrons. The largest absolute Gasteiger partial charge is 0.449 e. The zero-order valence-corrected chi connectivity index (χ0v) is 20.3. The van der Waals surface area contributed by atoms with Crippen molar-refractivity contribution in [1.82, 2.24) is 9.71 Å². The number of benzene rings is 2. The lowest BCUT2D eigenvalue weighted by Gasteiger charge is -2.14. The van der Waals surface area contributed by atoms with Crippen LogP contribution < -0.4 is 10.0 Å². The van der Waals surface area contributed by atoms with E-state index in [1.807, 2.05) is 12.1 Å². The van der Waals surface area contributed by atoms with Crippen LogP contribution in [-0.4, -0.2) is 37.4 Å². The van der Waals surface area contributed by atoms with E-state index in [2.05, 4.69) is 15.0 Å². The minimum absolute atomic E-state index is 0.0982. The zero-order chi connectivity index (χ0) is 24.5. The Morgan fingerprint density at radius 1 is 1.00 bits per heavy atom. The second-order valence-corrected chi connectivity index (χ2v) is 10.6. The first-order valence-corrected chi connectivity index (χ1v) is 12.9. The standard InChI is InChI=1S/C25H29N3O5S/c1-15(2)28-34(31,32)19-11-9-18(10-12-19)26-24(29)16(3)33-25(30)17-8-13-23-21(14-17)20-6-4-5-7-22(20)27-23/h8-16,27-28H,4-7H2,1-3H3,(H,26,29). The maximum absolute atomic E-state index is 12.7. The van der Waals surface area contributed by atoms with Crippen molar-refractivity contribution < 1.29 is 22.7 Å². The number of amides is 1. The van der Waals surface area contributed by atoms with Crippen LogP contribution in [-0.2, 0) is 32.4 Å². The van der Waals surface area contributed by atoms with Crippen LogP contribution >= 0.6 is 0 Å². The highest BCUT2D eigenvalue weighted by Crippen LogP contribution is 2.30. The van der Waals surface area contributed by atoms with Crippen molar-refractivity contribution in [2.75, 3.05) is 5.32 Å². The monoisotopic (exact) mass is 483 g/mol. The van der Waals surface area contributed by atoms with Gasteiger partial charge in [-0.15, -0.1) is 0 Å². The quantitative estimate of drug-likeness (QED) is 0.441. The molecule has 1 atom stereocenters.